The number of rotatable bonds is 4. The highest BCUT2D eigenvalue weighted by molar-refractivity contribution is 5.39. The number of nitrogens with one attached hydrogen (secondary N) is 1. The summed E-state index contributed by atoms with van der Waals surface area (Å²) in [6, 6.07) is 11.1. The standard InChI is InChI=1S/C13H16N4O/c1-9(2)13-15-11(17-14)8-12(16-13)18-10-6-4-3-5-7-10/h3-9H,14H2,1-2H3,(H,15,16,17). The summed E-state index contributed by atoms with van der Waals surface area (Å²) in [6.07, 6.45) is 0. The Balaban J connectivity index is 2.30. The van der Waals surface area contributed by atoms with Crippen LogP contribution in [0.2, 0.25) is 0 Å². The lowest BCUT2D eigenvalue weighted by atomic mass is 10.2. The zero-order valence-electron chi connectivity index (χ0n) is 10.4. The van der Waals surface area contributed by atoms with Gasteiger partial charge in [-0.15, -0.1) is 0 Å². The van der Waals surface area contributed by atoms with Crippen LogP contribution in [0.4, 0.5) is 5.82 Å². The van der Waals surface area contributed by atoms with Crippen molar-refractivity contribution in [1.29, 1.82) is 0 Å². The third kappa shape index (κ3) is 2.95. The van der Waals surface area contributed by atoms with E-state index in [-0.39, 0.29) is 5.92 Å². The minimum atomic E-state index is 0.205. The van der Waals surface area contributed by atoms with Gasteiger partial charge < -0.3 is 10.2 Å². The van der Waals surface area contributed by atoms with Crippen molar-refractivity contribution < 1.29 is 4.74 Å². The normalized spacial score (nSPS) is 10.4. The molecule has 1 heterocycles. The highest BCUT2D eigenvalue weighted by Gasteiger charge is 2.08. The molecule has 0 bridgehead atoms. The smallest absolute Gasteiger partial charge is 0.224 e. The van der Waals surface area contributed by atoms with Gasteiger partial charge in [-0.3, -0.25) is 0 Å². The molecule has 0 aliphatic carbocycles. The Kier molecular flexibility index (Phi) is 3.74. The number of anilines is 1. The number of hydrogen-bond donors (Lipinski definition) is 2. The Morgan fingerprint density at radius 1 is 1.17 bits per heavy atom. The second-order valence-corrected chi connectivity index (χ2v) is 4.16. The van der Waals surface area contributed by atoms with Crippen molar-refractivity contribution in [2.75, 3.05) is 5.43 Å². The number of ether oxygens (including phenoxy) is 1. The van der Waals surface area contributed by atoms with Crippen LogP contribution in [0.5, 0.6) is 11.6 Å². The van der Waals surface area contributed by atoms with E-state index < -0.39 is 0 Å². The summed E-state index contributed by atoms with van der Waals surface area (Å²) >= 11 is 0. The maximum absolute atomic E-state index is 5.66. The molecular weight excluding hydrogens is 228 g/mol. The van der Waals surface area contributed by atoms with E-state index >= 15 is 0 Å². The Labute approximate surface area is 106 Å². The first kappa shape index (κ1) is 12.3. The Hall–Kier alpha value is -2.14. The number of hydrazine groups is 1. The number of benzene rings is 1. The van der Waals surface area contributed by atoms with Crippen molar-refractivity contribution in [2.24, 2.45) is 5.84 Å². The zero-order chi connectivity index (χ0) is 13.0. The fraction of sp³-hybridized carbons (Fsp3) is 0.231. The predicted octanol–water partition coefficient (Wildman–Crippen LogP) is 2.68. The number of nitrogens with two attached hydrogens (primary N) is 1. The van der Waals surface area contributed by atoms with Gasteiger partial charge in [-0.25, -0.2) is 10.8 Å². The van der Waals surface area contributed by atoms with E-state index in [0.29, 0.717) is 17.5 Å². The summed E-state index contributed by atoms with van der Waals surface area (Å²) < 4.78 is 5.66. The van der Waals surface area contributed by atoms with Crippen molar-refractivity contribution in [1.82, 2.24) is 9.97 Å². The molecule has 3 N–H and O–H groups in total. The molecule has 0 fully saturated rings. The summed E-state index contributed by atoms with van der Waals surface area (Å²) in [6.45, 7) is 4.03. The quantitative estimate of drug-likeness (QED) is 0.639. The van der Waals surface area contributed by atoms with Crippen LogP contribution in [0, 0.1) is 0 Å². The van der Waals surface area contributed by atoms with E-state index in [1.165, 1.54) is 0 Å². The maximum atomic E-state index is 5.66. The summed E-state index contributed by atoms with van der Waals surface area (Å²) in [4.78, 5) is 8.61. The summed E-state index contributed by atoms with van der Waals surface area (Å²) in [7, 11) is 0. The second kappa shape index (κ2) is 5.46. The number of para-hydroxylation sites is 1. The van der Waals surface area contributed by atoms with E-state index in [0.717, 1.165) is 5.75 Å². The van der Waals surface area contributed by atoms with E-state index in [1.807, 2.05) is 44.2 Å². The Morgan fingerprint density at radius 2 is 1.89 bits per heavy atom. The van der Waals surface area contributed by atoms with Crippen molar-refractivity contribution >= 4 is 5.82 Å². The highest BCUT2D eigenvalue weighted by atomic mass is 16.5. The third-order valence-electron chi connectivity index (χ3n) is 2.35. The van der Waals surface area contributed by atoms with Gasteiger partial charge in [0.15, 0.2) is 0 Å². The van der Waals surface area contributed by atoms with Gasteiger partial charge in [0.2, 0.25) is 5.88 Å². The highest BCUT2D eigenvalue weighted by Crippen LogP contribution is 2.23. The van der Waals surface area contributed by atoms with Crippen LogP contribution in [0.3, 0.4) is 0 Å². The van der Waals surface area contributed by atoms with Crippen LogP contribution in [0.25, 0.3) is 0 Å². The molecule has 0 saturated heterocycles. The van der Waals surface area contributed by atoms with Crippen molar-refractivity contribution in [3.8, 4) is 11.6 Å². The largest absolute Gasteiger partial charge is 0.439 e. The second-order valence-electron chi connectivity index (χ2n) is 4.16. The molecule has 0 atom stereocenters. The molecule has 0 unspecified atom stereocenters. The van der Waals surface area contributed by atoms with Gasteiger partial charge in [0.1, 0.15) is 17.4 Å². The van der Waals surface area contributed by atoms with Gasteiger partial charge in [-0.1, -0.05) is 32.0 Å². The summed E-state index contributed by atoms with van der Waals surface area (Å²) in [5.74, 6) is 8.03. The lowest BCUT2D eigenvalue weighted by molar-refractivity contribution is 0.457. The topological polar surface area (TPSA) is 73.1 Å². The molecule has 0 saturated carbocycles. The van der Waals surface area contributed by atoms with Crippen molar-refractivity contribution in [3.05, 3.63) is 42.2 Å². The average Bonchev–Trinajstić information content (AvgIpc) is 2.39. The molecule has 0 aliphatic rings. The van der Waals surface area contributed by atoms with Crippen LogP contribution in [0.15, 0.2) is 36.4 Å². The molecule has 1 aromatic carbocycles. The number of aromatic nitrogens is 2. The minimum Gasteiger partial charge on any atom is -0.439 e. The molecule has 0 spiro atoms. The molecule has 94 valence electrons. The average molecular weight is 244 g/mol. The van der Waals surface area contributed by atoms with Crippen LogP contribution >= 0.6 is 0 Å². The first-order valence-electron chi connectivity index (χ1n) is 5.77. The Bertz CT molecular complexity index is 514. The third-order valence-corrected chi connectivity index (χ3v) is 2.35. The zero-order valence-corrected chi connectivity index (χ0v) is 10.4. The minimum absolute atomic E-state index is 0.205. The number of nitrogens with zero attached hydrogens (tertiary/aromatic N) is 2. The van der Waals surface area contributed by atoms with E-state index in [4.69, 9.17) is 10.6 Å². The molecule has 18 heavy (non-hydrogen) atoms. The predicted molar refractivity (Wildman–Crippen MR) is 70.4 cm³/mol. The van der Waals surface area contributed by atoms with Crippen molar-refractivity contribution in [3.63, 3.8) is 0 Å². The molecule has 1 aromatic heterocycles. The molecule has 0 amide bonds. The fourth-order valence-electron chi connectivity index (χ4n) is 1.44. The maximum Gasteiger partial charge on any atom is 0.224 e. The van der Waals surface area contributed by atoms with Gasteiger partial charge >= 0.3 is 0 Å². The van der Waals surface area contributed by atoms with Gasteiger partial charge in [0, 0.05) is 12.0 Å². The molecule has 5 nitrogen and oxygen atoms in total. The molecule has 0 radical (unpaired) electrons. The monoisotopic (exact) mass is 244 g/mol. The van der Waals surface area contributed by atoms with Gasteiger partial charge in [0.25, 0.3) is 0 Å². The molecule has 2 rings (SSSR count). The van der Waals surface area contributed by atoms with Crippen LogP contribution < -0.4 is 16.0 Å². The van der Waals surface area contributed by atoms with Gasteiger partial charge in [0.05, 0.1) is 0 Å². The van der Waals surface area contributed by atoms with E-state index in [2.05, 4.69) is 15.4 Å². The number of nitrogen functional groups attached to an aromatic ring is 1. The summed E-state index contributed by atoms with van der Waals surface area (Å²) in [5.41, 5.74) is 2.52. The Morgan fingerprint density at radius 3 is 2.50 bits per heavy atom. The lowest BCUT2D eigenvalue weighted by Crippen LogP contribution is -2.11. The first-order valence-corrected chi connectivity index (χ1v) is 5.77. The first-order chi connectivity index (χ1) is 8.69. The lowest BCUT2D eigenvalue weighted by Gasteiger charge is -2.10. The summed E-state index contributed by atoms with van der Waals surface area (Å²) in [5, 5.41) is 0. The van der Waals surface area contributed by atoms with Crippen molar-refractivity contribution in [2.45, 2.75) is 19.8 Å². The van der Waals surface area contributed by atoms with E-state index in [9.17, 15) is 0 Å². The van der Waals surface area contributed by atoms with E-state index in [1.54, 1.807) is 6.07 Å². The number of hydrogen-bond acceptors (Lipinski definition) is 5. The van der Waals surface area contributed by atoms with Gasteiger partial charge in [-0.05, 0) is 12.1 Å². The molecular formula is C13H16N4O. The van der Waals surface area contributed by atoms with Gasteiger partial charge in [-0.2, -0.15) is 4.98 Å². The van der Waals surface area contributed by atoms with Crippen LogP contribution in [-0.4, -0.2) is 9.97 Å². The molecule has 0 aliphatic heterocycles. The molecule has 5 heteroatoms. The van der Waals surface area contributed by atoms with Crippen LogP contribution in [-0.2, 0) is 0 Å². The SMILES string of the molecule is CC(C)c1nc(NN)cc(Oc2ccccc2)n1. The fourth-order valence-corrected chi connectivity index (χ4v) is 1.44. The molecule has 2 aromatic rings. The van der Waals surface area contributed by atoms with Crippen LogP contribution in [0.1, 0.15) is 25.6 Å².